The molecule has 4 rings (SSSR count). The van der Waals surface area contributed by atoms with Crippen molar-refractivity contribution in [2.45, 2.75) is 38.5 Å². The number of likely N-dealkylation sites (tertiary alicyclic amines) is 1. The third-order valence-corrected chi connectivity index (χ3v) is 5.05. The Bertz CT molecular complexity index is 677. The molecule has 1 aromatic carbocycles. The van der Waals surface area contributed by atoms with Gasteiger partial charge >= 0.3 is 0 Å². The van der Waals surface area contributed by atoms with Gasteiger partial charge in [-0.2, -0.15) is 0 Å². The zero-order valence-corrected chi connectivity index (χ0v) is 13.6. The first-order chi connectivity index (χ1) is 11.2. The van der Waals surface area contributed by atoms with Crippen LogP contribution in [0.1, 0.15) is 30.4 Å². The fourth-order valence-electron chi connectivity index (χ4n) is 3.76. The zero-order chi connectivity index (χ0) is 16.0. The Morgan fingerprint density at radius 3 is 3.04 bits per heavy atom. The van der Waals surface area contributed by atoms with E-state index in [0.717, 1.165) is 37.2 Å². The second kappa shape index (κ2) is 5.57. The highest BCUT2D eigenvalue weighted by atomic mass is 16.5. The molecule has 2 unspecified atom stereocenters. The molecule has 3 aliphatic rings. The first-order valence-corrected chi connectivity index (χ1v) is 8.25. The van der Waals surface area contributed by atoms with Gasteiger partial charge in [-0.3, -0.25) is 4.79 Å². The summed E-state index contributed by atoms with van der Waals surface area (Å²) < 4.78 is 11.1. The number of rotatable bonds is 2. The fraction of sp³-hybridized carbons (Fsp3) is 0.500. The van der Waals surface area contributed by atoms with E-state index in [9.17, 15) is 4.79 Å². The summed E-state index contributed by atoms with van der Waals surface area (Å²) in [5, 5.41) is 3.53. The molecule has 1 aromatic rings. The van der Waals surface area contributed by atoms with Crippen LogP contribution in [0.5, 0.6) is 5.75 Å². The molecule has 0 bridgehead atoms. The van der Waals surface area contributed by atoms with Crippen LogP contribution >= 0.6 is 0 Å². The summed E-state index contributed by atoms with van der Waals surface area (Å²) in [4.78, 5) is 14.7. The molecule has 5 heteroatoms. The Balaban J connectivity index is 1.66. The van der Waals surface area contributed by atoms with Crippen LogP contribution in [0.2, 0.25) is 0 Å². The van der Waals surface area contributed by atoms with Crippen LogP contribution in [-0.2, 0) is 9.53 Å². The average Bonchev–Trinajstić information content (AvgIpc) is 3.23. The number of ether oxygens (including phenoxy) is 2. The van der Waals surface area contributed by atoms with E-state index in [-0.39, 0.29) is 18.2 Å². The van der Waals surface area contributed by atoms with E-state index in [1.54, 1.807) is 7.11 Å². The van der Waals surface area contributed by atoms with Crippen molar-refractivity contribution in [3.05, 3.63) is 28.8 Å². The predicted octanol–water partition coefficient (Wildman–Crippen LogP) is 2.55. The number of carbonyl (C=O) groups is 1. The topological polar surface area (TPSA) is 50.8 Å². The summed E-state index contributed by atoms with van der Waals surface area (Å²) >= 11 is 0. The Kier molecular flexibility index (Phi) is 3.53. The Hall–Kier alpha value is -2.01. The molecule has 2 saturated heterocycles. The SMILES string of the molecule is COc1ccc(C)c2c1NC1C(=C2)CCN1C(=O)C1CCCO1. The van der Waals surface area contributed by atoms with Gasteiger partial charge in [0.15, 0.2) is 0 Å². The number of amides is 1. The Morgan fingerprint density at radius 1 is 1.43 bits per heavy atom. The van der Waals surface area contributed by atoms with E-state index >= 15 is 0 Å². The Labute approximate surface area is 136 Å². The molecule has 0 radical (unpaired) electrons. The van der Waals surface area contributed by atoms with Crippen molar-refractivity contribution >= 4 is 17.7 Å². The van der Waals surface area contributed by atoms with Crippen molar-refractivity contribution in [3.63, 3.8) is 0 Å². The normalized spacial score (nSPS) is 25.5. The third kappa shape index (κ3) is 2.30. The molecular weight excluding hydrogens is 292 g/mol. The van der Waals surface area contributed by atoms with E-state index < -0.39 is 0 Å². The van der Waals surface area contributed by atoms with E-state index in [0.29, 0.717) is 6.61 Å². The molecule has 3 aliphatic heterocycles. The number of fused-ring (bicyclic) bond motifs is 2. The average molecular weight is 314 g/mol. The van der Waals surface area contributed by atoms with Gasteiger partial charge in [-0.1, -0.05) is 6.07 Å². The standard InChI is InChI=1S/C18H22N2O3/c1-11-5-6-14(22-2)16-13(11)10-12-7-8-20(17(12)19-16)18(21)15-4-3-9-23-15/h5-6,10,15,17,19H,3-4,7-9H2,1-2H3. The van der Waals surface area contributed by atoms with Crippen LogP contribution in [0.15, 0.2) is 17.7 Å². The zero-order valence-electron chi connectivity index (χ0n) is 13.6. The second-order valence-corrected chi connectivity index (χ2v) is 6.42. The number of hydrogen-bond donors (Lipinski definition) is 1. The lowest BCUT2D eigenvalue weighted by atomic mass is 9.97. The van der Waals surface area contributed by atoms with E-state index in [2.05, 4.69) is 24.4 Å². The molecule has 0 spiro atoms. The number of carbonyl (C=O) groups excluding carboxylic acids is 1. The van der Waals surface area contributed by atoms with Crippen molar-refractivity contribution in [2.75, 3.05) is 25.6 Å². The minimum Gasteiger partial charge on any atom is -0.495 e. The molecule has 23 heavy (non-hydrogen) atoms. The molecule has 0 aromatic heterocycles. The largest absolute Gasteiger partial charge is 0.495 e. The lowest BCUT2D eigenvalue weighted by Gasteiger charge is -2.32. The van der Waals surface area contributed by atoms with Crippen LogP contribution in [0.4, 0.5) is 5.69 Å². The number of benzene rings is 1. The first-order valence-electron chi connectivity index (χ1n) is 8.25. The molecule has 1 amide bonds. The maximum Gasteiger partial charge on any atom is 0.253 e. The van der Waals surface area contributed by atoms with Gasteiger partial charge in [0.1, 0.15) is 18.0 Å². The van der Waals surface area contributed by atoms with Gasteiger partial charge in [-0.15, -0.1) is 0 Å². The van der Waals surface area contributed by atoms with Crippen LogP contribution < -0.4 is 10.1 Å². The van der Waals surface area contributed by atoms with Crippen LogP contribution in [0, 0.1) is 6.92 Å². The van der Waals surface area contributed by atoms with Crippen molar-refractivity contribution in [1.29, 1.82) is 0 Å². The van der Waals surface area contributed by atoms with Gasteiger partial charge in [0.05, 0.1) is 12.8 Å². The summed E-state index contributed by atoms with van der Waals surface area (Å²) in [7, 11) is 1.68. The monoisotopic (exact) mass is 314 g/mol. The van der Waals surface area contributed by atoms with Crippen molar-refractivity contribution < 1.29 is 14.3 Å². The molecule has 2 atom stereocenters. The maximum atomic E-state index is 12.7. The van der Waals surface area contributed by atoms with Crippen molar-refractivity contribution in [2.24, 2.45) is 0 Å². The van der Waals surface area contributed by atoms with Gasteiger partial charge in [-0.05, 0) is 49.5 Å². The summed E-state index contributed by atoms with van der Waals surface area (Å²) in [5.74, 6) is 0.927. The van der Waals surface area contributed by atoms with E-state index in [1.165, 1.54) is 16.7 Å². The van der Waals surface area contributed by atoms with Gasteiger partial charge in [-0.25, -0.2) is 0 Å². The van der Waals surface area contributed by atoms with Gasteiger partial charge in [0, 0.05) is 18.7 Å². The molecule has 0 aliphatic carbocycles. The summed E-state index contributed by atoms with van der Waals surface area (Å²) in [6.45, 7) is 3.54. The maximum absolute atomic E-state index is 12.7. The highest BCUT2D eigenvalue weighted by Gasteiger charge is 2.39. The van der Waals surface area contributed by atoms with Gasteiger partial charge in [0.25, 0.3) is 5.91 Å². The summed E-state index contributed by atoms with van der Waals surface area (Å²) in [6, 6.07) is 4.04. The summed E-state index contributed by atoms with van der Waals surface area (Å²) in [6.07, 6.45) is 4.59. The first kappa shape index (κ1) is 14.6. The molecule has 5 nitrogen and oxygen atoms in total. The van der Waals surface area contributed by atoms with Crippen molar-refractivity contribution in [1.82, 2.24) is 4.90 Å². The molecule has 2 fully saturated rings. The third-order valence-electron chi connectivity index (χ3n) is 5.05. The number of nitrogens with zero attached hydrogens (tertiary/aromatic N) is 1. The summed E-state index contributed by atoms with van der Waals surface area (Å²) in [5.41, 5.74) is 4.62. The minimum absolute atomic E-state index is 0.0742. The minimum atomic E-state index is -0.267. The lowest BCUT2D eigenvalue weighted by molar-refractivity contribution is -0.141. The Morgan fingerprint density at radius 2 is 2.30 bits per heavy atom. The molecule has 122 valence electrons. The van der Waals surface area contributed by atoms with Crippen LogP contribution in [-0.4, -0.2) is 43.3 Å². The van der Waals surface area contributed by atoms with Crippen molar-refractivity contribution in [3.8, 4) is 5.75 Å². The second-order valence-electron chi connectivity index (χ2n) is 6.42. The number of nitrogens with one attached hydrogen (secondary N) is 1. The highest BCUT2D eigenvalue weighted by molar-refractivity contribution is 5.86. The molecule has 0 saturated carbocycles. The molecule has 3 heterocycles. The van der Waals surface area contributed by atoms with Crippen LogP contribution in [0.3, 0.4) is 0 Å². The smallest absolute Gasteiger partial charge is 0.253 e. The van der Waals surface area contributed by atoms with Gasteiger partial charge in [0.2, 0.25) is 0 Å². The molecule has 1 N–H and O–H groups in total. The van der Waals surface area contributed by atoms with Crippen LogP contribution in [0.25, 0.3) is 6.08 Å². The molecular formula is C18H22N2O3. The number of aryl methyl sites for hydroxylation is 1. The number of hydrogen-bond acceptors (Lipinski definition) is 4. The van der Waals surface area contributed by atoms with Gasteiger partial charge < -0.3 is 19.7 Å². The quantitative estimate of drug-likeness (QED) is 0.911. The number of methoxy groups -OCH3 is 1. The lowest BCUT2D eigenvalue weighted by Crippen LogP contribution is -2.46. The fourth-order valence-corrected chi connectivity index (χ4v) is 3.76. The van der Waals surface area contributed by atoms with E-state index in [4.69, 9.17) is 9.47 Å². The van der Waals surface area contributed by atoms with E-state index in [1.807, 2.05) is 11.0 Å². The highest BCUT2D eigenvalue weighted by Crippen LogP contribution is 2.41. The predicted molar refractivity (Wildman–Crippen MR) is 88.4 cm³/mol. The number of anilines is 1.